The van der Waals surface area contributed by atoms with Gasteiger partial charge in [-0.25, -0.2) is 8.42 Å². The van der Waals surface area contributed by atoms with Crippen molar-refractivity contribution >= 4 is 15.6 Å². The van der Waals surface area contributed by atoms with Gasteiger partial charge in [-0.2, -0.15) is 0 Å². The average molecular weight is 231 g/mol. The van der Waals surface area contributed by atoms with E-state index in [0.717, 1.165) is 12.8 Å². The molecule has 1 saturated carbocycles. The molecule has 0 N–H and O–H groups in total. The van der Waals surface area contributed by atoms with E-state index in [-0.39, 0.29) is 29.2 Å². The number of rotatable bonds is 4. The fraction of sp³-hybridized carbons (Fsp3) is 0.900. The monoisotopic (exact) mass is 231 g/mol. The van der Waals surface area contributed by atoms with Gasteiger partial charge in [0, 0.05) is 12.0 Å². The molecule has 86 valence electrons. The average Bonchev–Trinajstić information content (AvgIpc) is 2.91. The highest BCUT2D eigenvalue weighted by molar-refractivity contribution is 7.91. The second kappa shape index (κ2) is 3.87. The van der Waals surface area contributed by atoms with Crippen LogP contribution < -0.4 is 0 Å². The van der Waals surface area contributed by atoms with Crippen LogP contribution in [0.3, 0.4) is 0 Å². The minimum atomic E-state index is -2.83. The predicted molar refractivity (Wildman–Crippen MR) is 57.4 cm³/mol. The summed E-state index contributed by atoms with van der Waals surface area (Å²) in [6, 6.07) is 0.0534. The number of hydrogen-bond donors (Lipinski definition) is 0. The number of sulfone groups is 1. The van der Waals surface area contributed by atoms with Crippen molar-refractivity contribution in [3.63, 3.8) is 0 Å². The molecule has 1 unspecified atom stereocenters. The van der Waals surface area contributed by atoms with Crippen molar-refractivity contribution in [3.8, 4) is 0 Å². The van der Waals surface area contributed by atoms with Crippen molar-refractivity contribution in [1.29, 1.82) is 0 Å². The number of nitrogens with zero attached hydrogens (tertiary/aromatic N) is 1. The van der Waals surface area contributed by atoms with Crippen LogP contribution >= 0.6 is 0 Å². The summed E-state index contributed by atoms with van der Waals surface area (Å²) in [5, 5.41) is 0. The molecule has 0 radical (unpaired) electrons. The molecule has 0 amide bonds. The Kier molecular flexibility index (Phi) is 2.85. The van der Waals surface area contributed by atoms with Gasteiger partial charge in [0.1, 0.15) is 5.78 Å². The van der Waals surface area contributed by atoms with E-state index >= 15 is 0 Å². The summed E-state index contributed by atoms with van der Waals surface area (Å²) >= 11 is 0. The second-order valence-electron chi connectivity index (χ2n) is 4.71. The van der Waals surface area contributed by atoms with E-state index in [4.69, 9.17) is 0 Å². The first-order valence-electron chi connectivity index (χ1n) is 5.41. The summed E-state index contributed by atoms with van der Waals surface area (Å²) < 4.78 is 22.5. The van der Waals surface area contributed by atoms with Crippen molar-refractivity contribution in [1.82, 2.24) is 4.90 Å². The Labute approximate surface area is 90.6 Å². The molecule has 2 fully saturated rings. The lowest BCUT2D eigenvalue weighted by molar-refractivity contribution is -0.121. The quantitative estimate of drug-likeness (QED) is 0.688. The third-order valence-electron chi connectivity index (χ3n) is 3.27. The lowest BCUT2D eigenvalue weighted by Crippen LogP contribution is -2.37. The van der Waals surface area contributed by atoms with Gasteiger partial charge in [0.05, 0.1) is 18.1 Å². The van der Waals surface area contributed by atoms with E-state index in [1.54, 1.807) is 0 Å². The molecule has 15 heavy (non-hydrogen) atoms. The molecule has 0 aromatic rings. The largest absolute Gasteiger partial charge is 0.298 e. The lowest BCUT2D eigenvalue weighted by atomic mass is 10.2. The zero-order chi connectivity index (χ0) is 11.1. The molecule has 1 atom stereocenters. The van der Waals surface area contributed by atoms with Crippen LogP contribution in [0.2, 0.25) is 0 Å². The Morgan fingerprint density at radius 2 is 2.00 bits per heavy atom. The van der Waals surface area contributed by atoms with Gasteiger partial charge < -0.3 is 0 Å². The van der Waals surface area contributed by atoms with Crippen molar-refractivity contribution in [3.05, 3.63) is 0 Å². The fourth-order valence-electron chi connectivity index (χ4n) is 2.03. The van der Waals surface area contributed by atoms with Crippen molar-refractivity contribution in [2.24, 2.45) is 5.92 Å². The minimum absolute atomic E-state index is 0.0534. The fourth-order valence-corrected chi connectivity index (χ4v) is 3.84. The Morgan fingerprint density at radius 1 is 1.33 bits per heavy atom. The first-order valence-corrected chi connectivity index (χ1v) is 7.23. The standard InChI is InChI=1S/C10H17NO3S/c1-11(6-10(12)8-2-3-8)9-4-5-15(13,14)7-9/h8-9H,2-7H2,1H3. The number of Topliss-reactive ketones (excluding diaryl/α,β-unsaturated/α-hetero) is 1. The highest BCUT2D eigenvalue weighted by Gasteiger charge is 2.34. The summed E-state index contributed by atoms with van der Waals surface area (Å²) in [5.41, 5.74) is 0. The summed E-state index contributed by atoms with van der Waals surface area (Å²) in [6.45, 7) is 0.421. The van der Waals surface area contributed by atoms with E-state index in [2.05, 4.69) is 0 Å². The van der Waals surface area contributed by atoms with Gasteiger partial charge in [0.2, 0.25) is 0 Å². The first-order chi connectivity index (χ1) is 6.98. The molecule has 0 spiro atoms. The highest BCUT2D eigenvalue weighted by Crippen LogP contribution is 2.30. The normalized spacial score (nSPS) is 29.6. The molecule has 1 saturated heterocycles. The Balaban J connectivity index is 1.86. The summed E-state index contributed by atoms with van der Waals surface area (Å²) in [4.78, 5) is 13.5. The van der Waals surface area contributed by atoms with Gasteiger partial charge in [-0.3, -0.25) is 9.69 Å². The topological polar surface area (TPSA) is 54.5 Å². The summed E-state index contributed by atoms with van der Waals surface area (Å²) in [6.07, 6.45) is 2.72. The predicted octanol–water partition coefficient (Wildman–Crippen LogP) is 0.0844. The number of carbonyl (C=O) groups is 1. The van der Waals surface area contributed by atoms with Crippen LogP contribution in [0.25, 0.3) is 0 Å². The van der Waals surface area contributed by atoms with Crippen LogP contribution in [0.4, 0.5) is 0 Å². The van der Waals surface area contributed by atoms with Crippen molar-refractivity contribution in [2.45, 2.75) is 25.3 Å². The maximum atomic E-state index is 11.5. The molecule has 0 aromatic carbocycles. The lowest BCUT2D eigenvalue weighted by Gasteiger charge is -2.21. The van der Waals surface area contributed by atoms with Crippen LogP contribution in [-0.2, 0) is 14.6 Å². The van der Waals surface area contributed by atoms with Gasteiger partial charge >= 0.3 is 0 Å². The Morgan fingerprint density at radius 3 is 2.47 bits per heavy atom. The summed E-state index contributed by atoms with van der Waals surface area (Å²) in [7, 11) is -0.981. The van der Waals surface area contributed by atoms with E-state index in [9.17, 15) is 13.2 Å². The van der Waals surface area contributed by atoms with E-state index in [1.165, 1.54) is 0 Å². The van der Waals surface area contributed by atoms with Crippen LogP contribution in [0, 0.1) is 5.92 Å². The van der Waals surface area contributed by atoms with Gasteiger partial charge in [0.25, 0.3) is 0 Å². The maximum absolute atomic E-state index is 11.5. The van der Waals surface area contributed by atoms with Crippen LogP contribution in [-0.4, -0.2) is 50.2 Å². The van der Waals surface area contributed by atoms with E-state index in [1.807, 2.05) is 11.9 Å². The second-order valence-corrected chi connectivity index (χ2v) is 6.94. The SMILES string of the molecule is CN(CC(=O)C1CC1)C1CCS(=O)(=O)C1. The number of ketones is 1. The smallest absolute Gasteiger partial charge is 0.151 e. The Bertz CT molecular complexity index is 359. The number of likely N-dealkylation sites (N-methyl/N-ethyl adjacent to an activating group) is 1. The van der Waals surface area contributed by atoms with Gasteiger partial charge in [-0.1, -0.05) is 0 Å². The van der Waals surface area contributed by atoms with Gasteiger partial charge in [0.15, 0.2) is 9.84 Å². The van der Waals surface area contributed by atoms with E-state index < -0.39 is 9.84 Å². The van der Waals surface area contributed by atoms with Gasteiger partial charge in [-0.15, -0.1) is 0 Å². The highest BCUT2D eigenvalue weighted by atomic mass is 32.2. The molecule has 0 aromatic heterocycles. The molecule has 0 bridgehead atoms. The molecule has 1 aliphatic heterocycles. The zero-order valence-electron chi connectivity index (χ0n) is 8.98. The molecule has 2 aliphatic rings. The number of carbonyl (C=O) groups excluding carboxylic acids is 1. The molecular formula is C10H17NO3S. The molecule has 1 aliphatic carbocycles. The third-order valence-corrected chi connectivity index (χ3v) is 5.02. The Hall–Kier alpha value is -0.420. The van der Waals surface area contributed by atoms with Crippen LogP contribution in [0.15, 0.2) is 0 Å². The first kappa shape index (κ1) is 11.1. The van der Waals surface area contributed by atoms with Crippen molar-refractivity contribution in [2.75, 3.05) is 25.1 Å². The van der Waals surface area contributed by atoms with Crippen LogP contribution in [0.5, 0.6) is 0 Å². The molecule has 5 heteroatoms. The molecular weight excluding hydrogens is 214 g/mol. The minimum Gasteiger partial charge on any atom is -0.298 e. The zero-order valence-corrected chi connectivity index (χ0v) is 9.79. The van der Waals surface area contributed by atoms with Crippen molar-refractivity contribution < 1.29 is 13.2 Å². The molecule has 1 heterocycles. The van der Waals surface area contributed by atoms with E-state index in [0.29, 0.717) is 13.0 Å². The van der Waals surface area contributed by atoms with Crippen LogP contribution in [0.1, 0.15) is 19.3 Å². The molecule has 4 nitrogen and oxygen atoms in total. The number of hydrogen-bond acceptors (Lipinski definition) is 4. The maximum Gasteiger partial charge on any atom is 0.151 e. The third kappa shape index (κ3) is 2.78. The molecule has 2 rings (SSSR count). The van der Waals surface area contributed by atoms with Gasteiger partial charge in [-0.05, 0) is 26.3 Å². The summed E-state index contributed by atoms with van der Waals surface area (Å²) in [5.74, 6) is 1.05.